The molecule has 2 amide bonds. The number of non-ortho nitro benzene ring substituents is 1. The van der Waals surface area contributed by atoms with Crippen LogP contribution in [-0.2, 0) is 32.6 Å². The number of rotatable bonds is 13. The highest BCUT2D eigenvalue weighted by Gasteiger charge is 2.35. The SMILES string of the molecule is Cc1ccccc1CN(C(=O)CN(c1cccc([N+](=O)[O-])c1)S(=O)(=O)c1ccccc1)[C@@H](Cc1ccccc1)C(=O)NC(C)C. The molecule has 11 heteroatoms. The number of hydrogen-bond acceptors (Lipinski definition) is 6. The molecule has 0 saturated carbocycles. The number of sulfonamides is 1. The molecule has 0 bridgehead atoms. The lowest BCUT2D eigenvalue weighted by Crippen LogP contribution is -2.54. The Morgan fingerprint density at radius 3 is 2.11 bits per heavy atom. The topological polar surface area (TPSA) is 130 Å². The zero-order valence-corrected chi connectivity index (χ0v) is 26.2. The van der Waals surface area contributed by atoms with Crippen LogP contribution in [-0.4, -0.2) is 48.7 Å². The Morgan fingerprint density at radius 2 is 1.49 bits per heavy atom. The number of nitrogens with one attached hydrogen (secondary N) is 1. The predicted molar refractivity (Wildman–Crippen MR) is 173 cm³/mol. The molecule has 4 rings (SSSR count). The second-order valence-electron chi connectivity index (χ2n) is 10.9. The van der Waals surface area contributed by atoms with Crippen LogP contribution in [0.4, 0.5) is 11.4 Å². The largest absolute Gasteiger partial charge is 0.352 e. The number of carbonyl (C=O) groups excluding carboxylic acids is 2. The fraction of sp³-hybridized carbons (Fsp3) is 0.235. The van der Waals surface area contributed by atoms with E-state index < -0.39 is 33.4 Å². The van der Waals surface area contributed by atoms with Gasteiger partial charge >= 0.3 is 0 Å². The highest BCUT2D eigenvalue weighted by atomic mass is 32.2. The summed E-state index contributed by atoms with van der Waals surface area (Å²) < 4.78 is 28.9. The van der Waals surface area contributed by atoms with Crippen LogP contribution in [0, 0.1) is 17.0 Å². The molecule has 0 aliphatic carbocycles. The van der Waals surface area contributed by atoms with Gasteiger partial charge in [-0.2, -0.15) is 0 Å². The van der Waals surface area contributed by atoms with Gasteiger partial charge in [-0.1, -0.05) is 78.9 Å². The monoisotopic (exact) mass is 628 g/mol. The molecule has 4 aromatic carbocycles. The Kier molecular flexibility index (Phi) is 10.7. The second-order valence-corrected chi connectivity index (χ2v) is 12.8. The van der Waals surface area contributed by atoms with E-state index in [4.69, 9.17) is 0 Å². The molecular weight excluding hydrogens is 592 g/mol. The van der Waals surface area contributed by atoms with Crippen molar-refractivity contribution in [1.82, 2.24) is 10.2 Å². The van der Waals surface area contributed by atoms with Crippen LogP contribution in [0.25, 0.3) is 0 Å². The third-order valence-corrected chi connectivity index (χ3v) is 9.03. The lowest BCUT2D eigenvalue weighted by Gasteiger charge is -2.34. The minimum Gasteiger partial charge on any atom is -0.352 e. The van der Waals surface area contributed by atoms with Crippen LogP contribution in [0.2, 0.25) is 0 Å². The van der Waals surface area contributed by atoms with E-state index in [0.717, 1.165) is 27.1 Å². The molecule has 0 spiro atoms. The van der Waals surface area contributed by atoms with Gasteiger partial charge in [0.05, 0.1) is 15.5 Å². The van der Waals surface area contributed by atoms with E-state index in [1.807, 2.05) is 75.4 Å². The molecular formula is C34H36N4O6S. The van der Waals surface area contributed by atoms with Gasteiger partial charge in [0.15, 0.2) is 0 Å². The van der Waals surface area contributed by atoms with E-state index in [1.54, 1.807) is 18.2 Å². The fourth-order valence-electron chi connectivity index (χ4n) is 4.92. The summed E-state index contributed by atoms with van der Waals surface area (Å²) in [5, 5.41) is 14.5. The summed E-state index contributed by atoms with van der Waals surface area (Å²) in [6.07, 6.45) is 0.180. The zero-order chi connectivity index (χ0) is 32.6. The summed E-state index contributed by atoms with van der Waals surface area (Å²) in [5.41, 5.74) is 2.11. The van der Waals surface area contributed by atoms with Gasteiger partial charge in [0.1, 0.15) is 12.6 Å². The quantitative estimate of drug-likeness (QED) is 0.159. The van der Waals surface area contributed by atoms with Crippen molar-refractivity contribution in [2.24, 2.45) is 0 Å². The second kappa shape index (κ2) is 14.6. The van der Waals surface area contributed by atoms with E-state index in [0.29, 0.717) is 0 Å². The Morgan fingerprint density at radius 1 is 0.867 bits per heavy atom. The van der Waals surface area contributed by atoms with E-state index in [2.05, 4.69) is 5.32 Å². The van der Waals surface area contributed by atoms with Crippen molar-refractivity contribution in [3.8, 4) is 0 Å². The molecule has 0 heterocycles. The first-order valence-corrected chi connectivity index (χ1v) is 15.9. The Labute approximate surface area is 263 Å². The summed E-state index contributed by atoms with van der Waals surface area (Å²) >= 11 is 0. The fourth-order valence-corrected chi connectivity index (χ4v) is 6.34. The molecule has 10 nitrogen and oxygen atoms in total. The van der Waals surface area contributed by atoms with Gasteiger partial charge in [0, 0.05) is 31.1 Å². The standard InChI is InChI=1S/C34H36N4O6S/c1-25(2)35-34(40)32(21-27-14-6-4-7-15-27)36(23-28-16-11-10-13-26(28)3)33(39)24-37(29-17-12-18-30(22-29)38(41)42)45(43,44)31-19-8-5-9-20-31/h4-20,22,25,32H,21,23-24H2,1-3H3,(H,35,40)/t32-/m0/s1. The van der Waals surface area contributed by atoms with Gasteiger partial charge in [-0.3, -0.25) is 24.0 Å². The van der Waals surface area contributed by atoms with Gasteiger partial charge in [-0.15, -0.1) is 0 Å². The molecule has 4 aromatic rings. The summed E-state index contributed by atoms with van der Waals surface area (Å²) in [6, 6.07) is 28.2. The summed E-state index contributed by atoms with van der Waals surface area (Å²) in [5.74, 6) is -1.03. The maximum absolute atomic E-state index is 14.5. The van der Waals surface area contributed by atoms with E-state index in [1.165, 1.54) is 35.2 Å². The maximum atomic E-state index is 14.5. The van der Waals surface area contributed by atoms with Gasteiger partial charge < -0.3 is 10.2 Å². The Bertz CT molecular complexity index is 1750. The third kappa shape index (κ3) is 8.33. The summed E-state index contributed by atoms with van der Waals surface area (Å²) in [7, 11) is -4.37. The van der Waals surface area contributed by atoms with Crippen molar-refractivity contribution >= 4 is 33.2 Å². The molecule has 1 atom stereocenters. The van der Waals surface area contributed by atoms with Crippen molar-refractivity contribution in [1.29, 1.82) is 0 Å². The van der Waals surface area contributed by atoms with Crippen molar-refractivity contribution in [2.75, 3.05) is 10.8 Å². The van der Waals surface area contributed by atoms with Crippen LogP contribution in [0.3, 0.4) is 0 Å². The van der Waals surface area contributed by atoms with E-state index in [-0.39, 0.29) is 41.2 Å². The molecule has 0 radical (unpaired) electrons. The molecule has 0 aliphatic heterocycles. The first kappa shape index (κ1) is 32.9. The van der Waals surface area contributed by atoms with Crippen LogP contribution in [0.1, 0.15) is 30.5 Å². The minimum absolute atomic E-state index is 0.0304. The average molecular weight is 629 g/mol. The molecule has 0 fully saturated rings. The number of nitro benzene ring substituents is 1. The molecule has 0 aliphatic rings. The number of anilines is 1. The molecule has 1 N–H and O–H groups in total. The molecule has 0 saturated heterocycles. The lowest BCUT2D eigenvalue weighted by molar-refractivity contribution is -0.384. The zero-order valence-electron chi connectivity index (χ0n) is 25.4. The highest BCUT2D eigenvalue weighted by Crippen LogP contribution is 2.28. The molecule has 234 valence electrons. The number of hydrogen-bond donors (Lipinski definition) is 1. The lowest BCUT2D eigenvalue weighted by atomic mass is 10.0. The van der Waals surface area contributed by atoms with Gasteiger partial charge in [-0.05, 0) is 55.7 Å². The van der Waals surface area contributed by atoms with E-state index >= 15 is 0 Å². The van der Waals surface area contributed by atoms with Crippen molar-refractivity contribution in [3.63, 3.8) is 0 Å². The van der Waals surface area contributed by atoms with Crippen LogP contribution in [0.15, 0.2) is 114 Å². The minimum atomic E-state index is -4.37. The number of carbonyl (C=O) groups is 2. The number of benzene rings is 4. The Balaban J connectivity index is 1.84. The van der Waals surface area contributed by atoms with Gasteiger partial charge in [0.25, 0.3) is 15.7 Å². The van der Waals surface area contributed by atoms with Crippen molar-refractivity contribution < 1.29 is 22.9 Å². The molecule has 45 heavy (non-hydrogen) atoms. The van der Waals surface area contributed by atoms with Crippen LogP contribution >= 0.6 is 0 Å². The summed E-state index contributed by atoms with van der Waals surface area (Å²) in [4.78, 5) is 40.5. The van der Waals surface area contributed by atoms with Gasteiger partial charge in [-0.25, -0.2) is 8.42 Å². The van der Waals surface area contributed by atoms with E-state index in [9.17, 15) is 28.1 Å². The first-order valence-electron chi connectivity index (χ1n) is 14.5. The van der Waals surface area contributed by atoms with Crippen LogP contribution in [0.5, 0.6) is 0 Å². The number of nitro groups is 1. The smallest absolute Gasteiger partial charge is 0.271 e. The average Bonchev–Trinajstić information content (AvgIpc) is 3.02. The normalized spacial score (nSPS) is 11.9. The maximum Gasteiger partial charge on any atom is 0.271 e. The predicted octanol–water partition coefficient (Wildman–Crippen LogP) is 5.26. The highest BCUT2D eigenvalue weighted by molar-refractivity contribution is 7.92. The van der Waals surface area contributed by atoms with Crippen LogP contribution < -0.4 is 9.62 Å². The number of aryl methyl sites for hydroxylation is 1. The first-order chi connectivity index (χ1) is 21.5. The summed E-state index contributed by atoms with van der Waals surface area (Å²) in [6.45, 7) is 4.86. The number of nitrogens with zero attached hydrogens (tertiary/aromatic N) is 3. The Hall–Kier alpha value is -5.03. The number of amides is 2. The van der Waals surface area contributed by atoms with Gasteiger partial charge in [0.2, 0.25) is 11.8 Å². The third-order valence-electron chi connectivity index (χ3n) is 7.24. The van der Waals surface area contributed by atoms with Crippen molar-refractivity contribution in [3.05, 3.63) is 136 Å². The molecule has 0 aromatic heterocycles. The van der Waals surface area contributed by atoms with Crippen molar-refractivity contribution in [2.45, 2.75) is 50.7 Å². The molecule has 0 unspecified atom stereocenters.